The molecule has 0 bridgehead atoms. The second kappa shape index (κ2) is 9.11. The van der Waals surface area contributed by atoms with Crippen LogP contribution in [-0.4, -0.2) is 57.4 Å². The average Bonchev–Trinajstić information content (AvgIpc) is 3.13. The molecule has 0 amide bonds. The summed E-state index contributed by atoms with van der Waals surface area (Å²) in [7, 11) is -3.95. The molecule has 7 nitrogen and oxygen atoms in total. The Morgan fingerprint density at radius 2 is 1.86 bits per heavy atom. The van der Waals surface area contributed by atoms with Crippen molar-refractivity contribution in [3.05, 3.63) is 49.6 Å². The van der Waals surface area contributed by atoms with Gasteiger partial charge >= 0.3 is 5.97 Å². The fourth-order valence-electron chi connectivity index (χ4n) is 2.67. The van der Waals surface area contributed by atoms with Gasteiger partial charge in [-0.1, -0.05) is 23.2 Å². The van der Waals surface area contributed by atoms with Crippen molar-refractivity contribution >= 4 is 56.3 Å². The van der Waals surface area contributed by atoms with E-state index in [4.69, 9.17) is 32.7 Å². The fraction of sp³-hybridized carbons (Fsp3) is 0.333. The van der Waals surface area contributed by atoms with E-state index in [0.29, 0.717) is 4.88 Å². The summed E-state index contributed by atoms with van der Waals surface area (Å²) in [5, 5.41) is -0.177. The molecule has 11 heteroatoms. The predicted octanol–water partition coefficient (Wildman–Crippen LogP) is 3.42. The standard InChI is InChI=1S/C18H17Cl2NO6S2/c1-11-2-3-16(28-11)15(22)10-27-18(23)12-8-17(14(20)9-13(12)19)29(24,25)21-4-6-26-7-5-21/h2-3,8-9H,4-7,10H2,1H3. The number of halogens is 2. The molecule has 1 aliphatic rings. The van der Waals surface area contributed by atoms with E-state index in [9.17, 15) is 18.0 Å². The van der Waals surface area contributed by atoms with Gasteiger partial charge in [0.2, 0.25) is 15.8 Å². The van der Waals surface area contributed by atoms with Crippen LogP contribution < -0.4 is 0 Å². The normalized spacial score (nSPS) is 15.3. The van der Waals surface area contributed by atoms with Crippen LogP contribution in [0.5, 0.6) is 0 Å². The maximum atomic E-state index is 12.9. The highest BCUT2D eigenvalue weighted by Gasteiger charge is 2.30. The van der Waals surface area contributed by atoms with E-state index in [2.05, 4.69) is 0 Å². The van der Waals surface area contributed by atoms with E-state index in [-0.39, 0.29) is 52.6 Å². The molecular formula is C18H17Cl2NO6S2. The van der Waals surface area contributed by atoms with Crippen LogP contribution in [0.15, 0.2) is 29.2 Å². The summed E-state index contributed by atoms with van der Waals surface area (Å²) in [5.74, 6) is -1.27. The van der Waals surface area contributed by atoms with Crippen molar-refractivity contribution in [1.82, 2.24) is 4.31 Å². The lowest BCUT2D eigenvalue weighted by molar-refractivity contribution is 0.0475. The molecule has 156 valence electrons. The van der Waals surface area contributed by atoms with Crippen LogP contribution in [0, 0.1) is 6.92 Å². The molecule has 2 aromatic rings. The summed E-state index contributed by atoms with van der Waals surface area (Å²) in [6.07, 6.45) is 0. The number of rotatable bonds is 6. The number of ketones is 1. The molecule has 0 N–H and O–H groups in total. The first-order valence-electron chi connectivity index (χ1n) is 8.54. The van der Waals surface area contributed by atoms with Gasteiger partial charge in [0.05, 0.1) is 33.7 Å². The minimum Gasteiger partial charge on any atom is -0.454 e. The highest BCUT2D eigenvalue weighted by atomic mass is 35.5. The lowest BCUT2D eigenvalue weighted by Gasteiger charge is -2.26. The lowest BCUT2D eigenvalue weighted by atomic mass is 10.2. The number of hydrogen-bond acceptors (Lipinski definition) is 7. The monoisotopic (exact) mass is 477 g/mol. The summed E-state index contributed by atoms with van der Waals surface area (Å²) in [4.78, 5) is 25.7. The van der Waals surface area contributed by atoms with Crippen LogP contribution >= 0.6 is 34.5 Å². The molecule has 1 aromatic carbocycles. The van der Waals surface area contributed by atoms with Crippen LogP contribution in [0.1, 0.15) is 24.9 Å². The van der Waals surface area contributed by atoms with Gasteiger partial charge in [0.1, 0.15) is 4.90 Å². The minimum absolute atomic E-state index is 0.0691. The van der Waals surface area contributed by atoms with Gasteiger partial charge in [-0.3, -0.25) is 4.79 Å². The topological polar surface area (TPSA) is 90.0 Å². The largest absolute Gasteiger partial charge is 0.454 e. The third-order valence-corrected chi connectivity index (χ3v) is 7.90. The van der Waals surface area contributed by atoms with Gasteiger partial charge in [-0.2, -0.15) is 4.31 Å². The number of benzene rings is 1. The smallest absolute Gasteiger partial charge is 0.340 e. The van der Waals surface area contributed by atoms with Gasteiger partial charge in [0.25, 0.3) is 0 Å². The Bertz CT molecular complexity index is 1040. The zero-order valence-electron chi connectivity index (χ0n) is 15.3. The molecule has 0 radical (unpaired) electrons. The van der Waals surface area contributed by atoms with Crippen molar-refractivity contribution in [1.29, 1.82) is 0 Å². The number of carbonyl (C=O) groups excluding carboxylic acids is 2. The number of nitrogens with zero attached hydrogens (tertiary/aromatic N) is 1. The Labute approximate surface area is 182 Å². The average molecular weight is 478 g/mol. The number of Topliss-reactive ketones (excluding diaryl/α,β-unsaturated/α-hetero) is 1. The Kier molecular flexibility index (Phi) is 6.98. The SMILES string of the molecule is Cc1ccc(C(=O)COC(=O)c2cc(S(=O)(=O)N3CCOCC3)c(Cl)cc2Cl)s1. The number of ether oxygens (including phenoxy) is 2. The second-order valence-electron chi connectivity index (χ2n) is 6.19. The number of aryl methyl sites for hydroxylation is 1. The van der Waals surface area contributed by atoms with Crippen molar-refractivity contribution < 1.29 is 27.5 Å². The zero-order chi connectivity index (χ0) is 21.2. The van der Waals surface area contributed by atoms with Crippen molar-refractivity contribution in [2.75, 3.05) is 32.9 Å². The van der Waals surface area contributed by atoms with Crippen LogP contribution in [-0.2, 0) is 19.5 Å². The van der Waals surface area contributed by atoms with Crippen molar-refractivity contribution in [3.63, 3.8) is 0 Å². The van der Waals surface area contributed by atoms with Gasteiger partial charge < -0.3 is 9.47 Å². The van der Waals surface area contributed by atoms with Gasteiger partial charge in [-0.05, 0) is 31.2 Å². The highest BCUT2D eigenvalue weighted by Crippen LogP contribution is 2.31. The van der Waals surface area contributed by atoms with Crippen molar-refractivity contribution in [2.24, 2.45) is 0 Å². The van der Waals surface area contributed by atoms with Crippen molar-refractivity contribution in [2.45, 2.75) is 11.8 Å². The minimum atomic E-state index is -3.95. The van der Waals surface area contributed by atoms with E-state index >= 15 is 0 Å². The summed E-state index contributed by atoms with van der Waals surface area (Å²) in [6.45, 7) is 2.26. The predicted molar refractivity (Wildman–Crippen MR) is 110 cm³/mol. The summed E-state index contributed by atoms with van der Waals surface area (Å²) in [5.41, 5.74) is -0.182. The zero-order valence-corrected chi connectivity index (χ0v) is 18.5. The molecule has 3 rings (SSSR count). The van der Waals surface area contributed by atoms with Crippen LogP contribution in [0.2, 0.25) is 10.0 Å². The number of morpholine rings is 1. The molecule has 0 aliphatic carbocycles. The summed E-state index contributed by atoms with van der Waals surface area (Å²) >= 11 is 13.5. The molecule has 1 fully saturated rings. The first-order chi connectivity index (χ1) is 13.7. The van der Waals surface area contributed by atoms with E-state index in [0.717, 1.165) is 10.9 Å². The van der Waals surface area contributed by atoms with Crippen LogP contribution in [0.4, 0.5) is 0 Å². The lowest BCUT2D eigenvalue weighted by Crippen LogP contribution is -2.40. The molecule has 0 atom stereocenters. The Morgan fingerprint density at radius 1 is 1.17 bits per heavy atom. The maximum Gasteiger partial charge on any atom is 0.340 e. The number of sulfonamides is 1. The molecule has 1 aromatic heterocycles. The van der Waals surface area contributed by atoms with Gasteiger partial charge in [-0.15, -0.1) is 11.3 Å². The Morgan fingerprint density at radius 3 is 2.48 bits per heavy atom. The Balaban J connectivity index is 1.81. The van der Waals surface area contributed by atoms with E-state index in [1.54, 1.807) is 12.1 Å². The van der Waals surface area contributed by atoms with E-state index in [1.165, 1.54) is 21.7 Å². The number of esters is 1. The first-order valence-corrected chi connectivity index (χ1v) is 11.5. The van der Waals surface area contributed by atoms with Gasteiger partial charge in [0, 0.05) is 18.0 Å². The molecule has 1 aliphatic heterocycles. The maximum absolute atomic E-state index is 12.9. The first kappa shape index (κ1) is 22.2. The molecule has 0 unspecified atom stereocenters. The second-order valence-corrected chi connectivity index (χ2v) is 10.2. The third-order valence-electron chi connectivity index (χ3n) is 4.18. The van der Waals surface area contributed by atoms with Crippen LogP contribution in [0.3, 0.4) is 0 Å². The van der Waals surface area contributed by atoms with E-state index < -0.39 is 22.6 Å². The fourth-order valence-corrected chi connectivity index (χ4v) is 5.70. The Hall–Kier alpha value is -1.49. The molecule has 29 heavy (non-hydrogen) atoms. The number of carbonyl (C=O) groups is 2. The molecule has 1 saturated heterocycles. The van der Waals surface area contributed by atoms with Crippen molar-refractivity contribution in [3.8, 4) is 0 Å². The third kappa shape index (κ3) is 4.99. The van der Waals surface area contributed by atoms with Gasteiger partial charge in [0.15, 0.2) is 6.61 Å². The summed E-state index contributed by atoms with van der Waals surface area (Å²) in [6, 6.07) is 5.70. The van der Waals surface area contributed by atoms with Gasteiger partial charge in [-0.25, -0.2) is 13.2 Å². The molecule has 2 heterocycles. The molecule has 0 spiro atoms. The molecular weight excluding hydrogens is 461 g/mol. The van der Waals surface area contributed by atoms with Crippen LogP contribution in [0.25, 0.3) is 0 Å². The summed E-state index contributed by atoms with van der Waals surface area (Å²) < 4.78 is 37.2. The highest BCUT2D eigenvalue weighted by molar-refractivity contribution is 7.89. The molecule has 0 saturated carbocycles. The quantitative estimate of drug-likeness (QED) is 0.467. The number of thiophene rings is 1. The number of hydrogen-bond donors (Lipinski definition) is 0. The van der Waals surface area contributed by atoms with E-state index in [1.807, 2.05) is 6.92 Å².